The number of carbonyl (C=O) groups is 1. The van der Waals surface area contributed by atoms with Gasteiger partial charge >= 0.3 is 6.18 Å². The lowest BCUT2D eigenvalue weighted by molar-refractivity contribution is -0.141. The summed E-state index contributed by atoms with van der Waals surface area (Å²) in [4.78, 5) is 14.8. The molecule has 1 saturated carbocycles. The second-order valence-corrected chi connectivity index (χ2v) is 4.84. The number of primary amides is 1. The van der Waals surface area contributed by atoms with Crippen LogP contribution in [-0.4, -0.2) is 29.6 Å². The smallest absolute Gasteiger partial charge is 0.378 e. The highest BCUT2D eigenvalue weighted by atomic mass is 19.4. The normalized spacial score (nSPS) is 21.7. The number of anilines is 1. The number of nitrogens with two attached hydrogens (primary N) is 1. The minimum absolute atomic E-state index is 0.0529. The lowest BCUT2D eigenvalue weighted by atomic mass is 9.89. The molecule has 0 atom stereocenters. The number of hydrogen-bond donors (Lipinski definition) is 2. The van der Waals surface area contributed by atoms with Crippen LogP contribution in [0.25, 0.3) is 0 Å². The van der Waals surface area contributed by atoms with Crippen LogP contribution in [0.4, 0.5) is 19.0 Å². The summed E-state index contributed by atoms with van der Waals surface area (Å²) in [7, 11) is 0. The summed E-state index contributed by atoms with van der Waals surface area (Å²) in [5.41, 5.74) is 4.05. The van der Waals surface area contributed by atoms with Crippen LogP contribution in [0.15, 0.2) is 12.1 Å². The van der Waals surface area contributed by atoms with Gasteiger partial charge in [0, 0.05) is 12.6 Å². The Balaban J connectivity index is 2.14. The minimum atomic E-state index is -4.57. The number of nitrogens with zero attached hydrogens (tertiary/aromatic N) is 1. The summed E-state index contributed by atoms with van der Waals surface area (Å²) in [6.07, 6.45) is -3.16. The molecule has 0 radical (unpaired) electrons. The molecule has 8 heteroatoms. The number of amides is 1. The number of alkyl halides is 3. The highest BCUT2D eigenvalue weighted by Crippen LogP contribution is 2.31. The Kier molecular flexibility index (Phi) is 4.36. The maximum atomic E-state index is 12.7. The van der Waals surface area contributed by atoms with Crippen molar-refractivity contribution in [1.82, 2.24) is 4.98 Å². The van der Waals surface area contributed by atoms with Crippen LogP contribution in [0, 0.1) is 0 Å². The van der Waals surface area contributed by atoms with E-state index in [1.807, 2.05) is 6.92 Å². The van der Waals surface area contributed by atoms with Gasteiger partial charge in [-0.2, -0.15) is 13.2 Å². The van der Waals surface area contributed by atoms with Crippen LogP contribution >= 0.6 is 0 Å². The van der Waals surface area contributed by atoms with E-state index in [1.165, 1.54) is 0 Å². The number of carbonyl (C=O) groups excluding carboxylic acids is 1. The van der Waals surface area contributed by atoms with Crippen molar-refractivity contribution >= 4 is 11.7 Å². The third-order valence-electron chi connectivity index (χ3n) is 3.29. The first-order chi connectivity index (χ1) is 9.81. The number of aromatic nitrogens is 1. The molecule has 0 saturated heterocycles. The van der Waals surface area contributed by atoms with E-state index in [0.29, 0.717) is 19.4 Å². The van der Waals surface area contributed by atoms with Crippen molar-refractivity contribution in [2.75, 3.05) is 11.9 Å². The van der Waals surface area contributed by atoms with Crippen molar-refractivity contribution in [2.45, 2.75) is 38.1 Å². The SMILES string of the molecule is CCOC1CC(Nc2nc(C(F)(F)F)ccc2C(N)=O)C1. The van der Waals surface area contributed by atoms with Gasteiger partial charge in [0.2, 0.25) is 0 Å². The Morgan fingerprint density at radius 3 is 2.67 bits per heavy atom. The van der Waals surface area contributed by atoms with Gasteiger partial charge in [-0.1, -0.05) is 0 Å². The molecule has 1 aromatic heterocycles. The number of halogens is 3. The molecule has 1 aromatic rings. The van der Waals surface area contributed by atoms with E-state index in [1.54, 1.807) is 0 Å². The summed E-state index contributed by atoms with van der Waals surface area (Å²) < 4.78 is 43.4. The van der Waals surface area contributed by atoms with Gasteiger partial charge in [0.25, 0.3) is 5.91 Å². The van der Waals surface area contributed by atoms with Crippen LogP contribution in [0.5, 0.6) is 0 Å². The Bertz CT molecular complexity index is 528. The van der Waals surface area contributed by atoms with Gasteiger partial charge < -0.3 is 15.8 Å². The van der Waals surface area contributed by atoms with Gasteiger partial charge in [-0.15, -0.1) is 0 Å². The molecule has 2 rings (SSSR count). The molecule has 1 fully saturated rings. The van der Waals surface area contributed by atoms with Gasteiger partial charge in [-0.05, 0) is 31.9 Å². The molecule has 1 amide bonds. The molecule has 21 heavy (non-hydrogen) atoms. The summed E-state index contributed by atoms with van der Waals surface area (Å²) in [5, 5.41) is 2.84. The van der Waals surface area contributed by atoms with Crippen LogP contribution in [-0.2, 0) is 10.9 Å². The molecule has 0 aromatic carbocycles. The van der Waals surface area contributed by atoms with Crippen molar-refractivity contribution < 1.29 is 22.7 Å². The van der Waals surface area contributed by atoms with Crippen molar-refractivity contribution in [2.24, 2.45) is 5.73 Å². The van der Waals surface area contributed by atoms with E-state index in [9.17, 15) is 18.0 Å². The average molecular weight is 303 g/mol. The molecular weight excluding hydrogens is 287 g/mol. The fraction of sp³-hybridized carbons (Fsp3) is 0.538. The van der Waals surface area contributed by atoms with E-state index in [4.69, 9.17) is 10.5 Å². The Labute approximate surface area is 119 Å². The van der Waals surface area contributed by atoms with E-state index < -0.39 is 17.8 Å². The predicted molar refractivity (Wildman–Crippen MR) is 69.8 cm³/mol. The minimum Gasteiger partial charge on any atom is -0.378 e. The highest BCUT2D eigenvalue weighted by molar-refractivity contribution is 5.97. The molecule has 5 nitrogen and oxygen atoms in total. The zero-order valence-corrected chi connectivity index (χ0v) is 11.4. The molecular formula is C13H16F3N3O2. The van der Waals surface area contributed by atoms with Crippen molar-refractivity contribution in [3.8, 4) is 0 Å². The van der Waals surface area contributed by atoms with E-state index in [0.717, 1.165) is 12.1 Å². The number of rotatable bonds is 5. The fourth-order valence-electron chi connectivity index (χ4n) is 2.17. The van der Waals surface area contributed by atoms with Crippen LogP contribution < -0.4 is 11.1 Å². The molecule has 1 aliphatic rings. The Morgan fingerprint density at radius 2 is 2.14 bits per heavy atom. The van der Waals surface area contributed by atoms with Gasteiger partial charge in [-0.3, -0.25) is 4.79 Å². The molecule has 1 heterocycles. The second kappa shape index (κ2) is 5.88. The zero-order chi connectivity index (χ0) is 15.6. The molecule has 116 valence electrons. The molecule has 0 spiro atoms. The molecule has 3 N–H and O–H groups in total. The average Bonchev–Trinajstić information content (AvgIpc) is 2.34. The first-order valence-electron chi connectivity index (χ1n) is 6.57. The third-order valence-corrected chi connectivity index (χ3v) is 3.29. The standard InChI is InChI=1S/C13H16F3N3O2/c1-2-21-8-5-7(6-8)18-12-9(11(17)20)3-4-10(19-12)13(14,15)16/h3-4,7-8H,2,5-6H2,1H3,(H2,17,20)(H,18,19). The summed E-state index contributed by atoms with van der Waals surface area (Å²) in [6.45, 7) is 2.46. The summed E-state index contributed by atoms with van der Waals surface area (Å²) >= 11 is 0. The van der Waals surface area contributed by atoms with Crippen LogP contribution in [0.2, 0.25) is 0 Å². The van der Waals surface area contributed by atoms with Crippen molar-refractivity contribution in [3.05, 3.63) is 23.4 Å². The summed E-state index contributed by atoms with van der Waals surface area (Å²) in [5.74, 6) is -0.948. The lowest BCUT2D eigenvalue weighted by Gasteiger charge is -2.36. The number of nitrogens with one attached hydrogen (secondary N) is 1. The van der Waals surface area contributed by atoms with Gasteiger partial charge in [0.05, 0.1) is 11.7 Å². The largest absolute Gasteiger partial charge is 0.433 e. The maximum Gasteiger partial charge on any atom is 0.433 e. The van der Waals surface area contributed by atoms with E-state index >= 15 is 0 Å². The van der Waals surface area contributed by atoms with Crippen molar-refractivity contribution in [3.63, 3.8) is 0 Å². The predicted octanol–water partition coefficient (Wildman–Crippen LogP) is 2.18. The zero-order valence-electron chi connectivity index (χ0n) is 11.4. The molecule has 0 bridgehead atoms. The lowest BCUT2D eigenvalue weighted by Crippen LogP contribution is -2.41. The van der Waals surface area contributed by atoms with Crippen molar-refractivity contribution in [1.29, 1.82) is 0 Å². The first-order valence-corrected chi connectivity index (χ1v) is 6.57. The Morgan fingerprint density at radius 1 is 1.48 bits per heavy atom. The Hall–Kier alpha value is -1.83. The van der Waals surface area contributed by atoms with E-state index in [2.05, 4.69) is 10.3 Å². The van der Waals surface area contributed by atoms with Crippen LogP contribution in [0.1, 0.15) is 35.8 Å². The third kappa shape index (κ3) is 3.63. The quantitative estimate of drug-likeness (QED) is 0.874. The maximum absolute atomic E-state index is 12.7. The molecule has 1 aliphatic carbocycles. The number of hydrogen-bond acceptors (Lipinski definition) is 4. The topological polar surface area (TPSA) is 77.2 Å². The first kappa shape index (κ1) is 15.6. The fourth-order valence-corrected chi connectivity index (χ4v) is 2.17. The number of ether oxygens (including phenoxy) is 1. The second-order valence-electron chi connectivity index (χ2n) is 4.84. The molecule has 0 unspecified atom stereocenters. The van der Waals surface area contributed by atoms with E-state index in [-0.39, 0.29) is 23.5 Å². The monoisotopic (exact) mass is 303 g/mol. The van der Waals surface area contributed by atoms with Gasteiger partial charge in [-0.25, -0.2) is 4.98 Å². The highest BCUT2D eigenvalue weighted by Gasteiger charge is 2.35. The number of pyridine rings is 1. The van der Waals surface area contributed by atoms with Gasteiger partial charge in [0.15, 0.2) is 0 Å². The molecule has 0 aliphatic heterocycles. The van der Waals surface area contributed by atoms with Gasteiger partial charge in [0.1, 0.15) is 11.5 Å². The summed E-state index contributed by atoms with van der Waals surface area (Å²) in [6, 6.07) is 1.71. The van der Waals surface area contributed by atoms with Crippen LogP contribution in [0.3, 0.4) is 0 Å².